The van der Waals surface area contributed by atoms with Crippen molar-refractivity contribution in [3.63, 3.8) is 0 Å². The highest BCUT2D eigenvalue weighted by molar-refractivity contribution is 7.89. The molecule has 4 nitrogen and oxygen atoms in total. The van der Waals surface area contributed by atoms with Crippen molar-refractivity contribution < 1.29 is 8.42 Å². The van der Waals surface area contributed by atoms with Crippen molar-refractivity contribution in [2.24, 2.45) is 17.6 Å². The third kappa shape index (κ3) is 6.38. The van der Waals surface area contributed by atoms with Gasteiger partial charge in [-0.25, -0.2) is 13.1 Å². The van der Waals surface area contributed by atoms with Gasteiger partial charge in [-0.2, -0.15) is 0 Å². The van der Waals surface area contributed by atoms with Gasteiger partial charge >= 0.3 is 0 Å². The molecule has 1 rings (SSSR count). The summed E-state index contributed by atoms with van der Waals surface area (Å²) >= 11 is 0. The van der Waals surface area contributed by atoms with Crippen LogP contribution in [0.5, 0.6) is 0 Å². The van der Waals surface area contributed by atoms with Gasteiger partial charge in [0, 0.05) is 6.54 Å². The maximum Gasteiger partial charge on any atom is 0.211 e. The lowest BCUT2D eigenvalue weighted by molar-refractivity contribution is 0.278. The number of sulfonamides is 1. The molecular formula is C12H26N2O2S. The Morgan fingerprint density at radius 1 is 1.24 bits per heavy atom. The summed E-state index contributed by atoms with van der Waals surface area (Å²) in [7, 11) is -3.09. The molecule has 0 aromatic carbocycles. The maximum atomic E-state index is 11.5. The Bertz CT molecular complexity index is 296. The van der Waals surface area contributed by atoms with Crippen LogP contribution in [0.4, 0.5) is 0 Å². The summed E-state index contributed by atoms with van der Waals surface area (Å²) in [4.78, 5) is 0. The van der Waals surface area contributed by atoms with Gasteiger partial charge in [-0.05, 0) is 31.2 Å². The molecule has 0 unspecified atom stereocenters. The van der Waals surface area contributed by atoms with Crippen LogP contribution in [0, 0.1) is 11.8 Å². The number of nitrogens with one attached hydrogen (secondary N) is 1. The minimum Gasteiger partial charge on any atom is -0.330 e. The van der Waals surface area contributed by atoms with Gasteiger partial charge in [-0.15, -0.1) is 0 Å². The first-order valence-electron chi connectivity index (χ1n) is 6.71. The first kappa shape index (κ1) is 14.9. The van der Waals surface area contributed by atoms with Gasteiger partial charge in [-0.1, -0.05) is 32.6 Å². The van der Waals surface area contributed by atoms with E-state index in [4.69, 9.17) is 5.73 Å². The Morgan fingerprint density at radius 2 is 1.88 bits per heavy atom. The number of nitrogens with two attached hydrogens (primary N) is 1. The zero-order chi connectivity index (χ0) is 12.7. The number of hydrogen-bond acceptors (Lipinski definition) is 3. The minimum atomic E-state index is -3.09. The summed E-state index contributed by atoms with van der Waals surface area (Å²) in [6.45, 7) is 3.32. The van der Waals surface area contributed by atoms with Crippen LogP contribution in [-0.2, 0) is 10.0 Å². The van der Waals surface area contributed by atoms with Gasteiger partial charge in [0.25, 0.3) is 0 Å². The second-order valence-corrected chi connectivity index (χ2v) is 7.20. The Balaban J connectivity index is 2.14. The molecule has 0 atom stereocenters. The SMILES string of the molecule is CC1CCC(CCNS(=O)(=O)CCCN)CC1. The molecule has 1 saturated carbocycles. The van der Waals surface area contributed by atoms with Crippen molar-refractivity contribution in [3.8, 4) is 0 Å². The Labute approximate surface area is 105 Å². The summed E-state index contributed by atoms with van der Waals surface area (Å²) in [5.41, 5.74) is 5.30. The van der Waals surface area contributed by atoms with Gasteiger partial charge in [0.05, 0.1) is 5.75 Å². The largest absolute Gasteiger partial charge is 0.330 e. The Kier molecular flexibility index (Phi) is 6.44. The zero-order valence-corrected chi connectivity index (χ0v) is 11.6. The van der Waals surface area contributed by atoms with E-state index in [9.17, 15) is 8.42 Å². The highest BCUT2D eigenvalue weighted by Crippen LogP contribution is 2.29. The molecule has 17 heavy (non-hydrogen) atoms. The van der Waals surface area contributed by atoms with Crippen molar-refractivity contribution in [2.75, 3.05) is 18.8 Å². The molecule has 0 aliphatic heterocycles. The van der Waals surface area contributed by atoms with E-state index in [-0.39, 0.29) is 5.75 Å². The topological polar surface area (TPSA) is 72.2 Å². The standard InChI is InChI=1S/C12H26N2O2S/c1-11-3-5-12(6-4-11)7-9-14-17(15,16)10-2-8-13/h11-12,14H,2-10,13H2,1H3. The molecular weight excluding hydrogens is 236 g/mol. The Hall–Kier alpha value is -0.130. The lowest BCUT2D eigenvalue weighted by Gasteiger charge is -2.26. The van der Waals surface area contributed by atoms with E-state index in [1.165, 1.54) is 25.7 Å². The smallest absolute Gasteiger partial charge is 0.211 e. The fourth-order valence-corrected chi connectivity index (χ4v) is 3.50. The monoisotopic (exact) mass is 262 g/mol. The van der Waals surface area contributed by atoms with E-state index in [0.717, 1.165) is 12.3 Å². The zero-order valence-electron chi connectivity index (χ0n) is 10.8. The molecule has 1 aliphatic carbocycles. The minimum absolute atomic E-state index is 0.158. The molecule has 1 aliphatic rings. The van der Waals surface area contributed by atoms with Crippen LogP contribution in [0.1, 0.15) is 45.4 Å². The normalized spacial score (nSPS) is 26.0. The van der Waals surface area contributed by atoms with Crippen LogP contribution in [0.2, 0.25) is 0 Å². The highest BCUT2D eigenvalue weighted by atomic mass is 32.2. The molecule has 102 valence electrons. The quantitative estimate of drug-likeness (QED) is 0.730. The number of hydrogen-bond donors (Lipinski definition) is 2. The molecule has 0 saturated heterocycles. The van der Waals surface area contributed by atoms with Crippen molar-refractivity contribution in [1.82, 2.24) is 4.72 Å². The van der Waals surface area contributed by atoms with Gasteiger partial charge < -0.3 is 5.73 Å². The van der Waals surface area contributed by atoms with Crippen LogP contribution in [0.3, 0.4) is 0 Å². The molecule has 0 amide bonds. The maximum absolute atomic E-state index is 11.5. The lowest BCUT2D eigenvalue weighted by Crippen LogP contribution is -2.29. The third-order valence-corrected chi connectivity index (χ3v) is 5.10. The van der Waals surface area contributed by atoms with E-state index in [2.05, 4.69) is 11.6 Å². The number of rotatable bonds is 7. The van der Waals surface area contributed by atoms with Gasteiger partial charge in [0.2, 0.25) is 10.0 Å². The third-order valence-electron chi connectivity index (χ3n) is 3.63. The summed E-state index contributed by atoms with van der Waals surface area (Å²) < 4.78 is 25.7. The van der Waals surface area contributed by atoms with Gasteiger partial charge in [0.15, 0.2) is 0 Å². The molecule has 1 fully saturated rings. The van der Waals surface area contributed by atoms with Crippen LogP contribution in [0.25, 0.3) is 0 Å². The summed E-state index contributed by atoms with van der Waals surface area (Å²) in [6, 6.07) is 0. The summed E-state index contributed by atoms with van der Waals surface area (Å²) in [5, 5.41) is 0. The molecule has 3 N–H and O–H groups in total. The van der Waals surface area contributed by atoms with Crippen molar-refractivity contribution in [2.45, 2.75) is 45.4 Å². The second kappa shape index (κ2) is 7.34. The first-order chi connectivity index (χ1) is 8.03. The molecule has 0 heterocycles. The van der Waals surface area contributed by atoms with Crippen LogP contribution >= 0.6 is 0 Å². The fourth-order valence-electron chi connectivity index (χ4n) is 2.38. The summed E-state index contributed by atoms with van der Waals surface area (Å²) in [5.74, 6) is 1.72. The second-order valence-electron chi connectivity index (χ2n) is 5.27. The van der Waals surface area contributed by atoms with Crippen molar-refractivity contribution in [1.29, 1.82) is 0 Å². The predicted octanol–water partition coefficient (Wildman–Crippen LogP) is 1.47. The lowest BCUT2D eigenvalue weighted by atomic mass is 9.81. The fraction of sp³-hybridized carbons (Fsp3) is 1.00. The van der Waals surface area contributed by atoms with E-state index >= 15 is 0 Å². The molecule has 0 spiro atoms. The van der Waals surface area contributed by atoms with Crippen LogP contribution < -0.4 is 10.5 Å². The molecule has 0 aromatic rings. The van der Waals surface area contributed by atoms with E-state index in [1.54, 1.807) is 0 Å². The average molecular weight is 262 g/mol. The highest BCUT2D eigenvalue weighted by Gasteiger charge is 2.18. The average Bonchev–Trinajstić information content (AvgIpc) is 2.29. The van der Waals surface area contributed by atoms with Crippen LogP contribution in [0.15, 0.2) is 0 Å². The van der Waals surface area contributed by atoms with Gasteiger partial charge in [0.1, 0.15) is 0 Å². The van der Waals surface area contributed by atoms with E-state index < -0.39 is 10.0 Å². The molecule has 0 bridgehead atoms. The van der Waals surface area contributed by atoms with Gasteiger partial charge in [-0.3, -0.25) is 0 Å². The molecule has 0 aromatic heterocycles. The first-order valence-corrected chi connectivity index (χ1v) is 8.36. The van der Waals surface area contributed by atoms with Crippen molar-refractivity contribution in [3.05, 3.63) is 0 Å². The molecule has 0 radical (unpaired) electrons. The van der Waals surface area contributed by atoms with E-state index in [0.29, 0.717) is 25.4 Å². The van der Waals surface area contributed by atoms with Crippen molar-refractivity contribution >= 4 is 10.0 Å². The van der Waals surface area contributed by atoms with E-state index in [1.807, 2.05) is 0 Å². The van der Waals surface area contributed by atoms with Crippen LogP contribution in [-0.4, -0.2) is 27.3 Å². The molecule has 5 heteroatoms. The predicted molar refractivity (Wildman–Crippen MR) is 71.2 cm³/mol. The Morgan fingerprint density at radius 3 is 2.47 bits per heavy atom. The summed E-state index contributed by atoms with van der Waals surface area (Å²) in [6.07, 6.45) is 6.62.